The zero-order valence-electron chi connectivity index (χ0n) is 22.4. The minimum atomic E-state index is -0.701. The average Bonchev–Trinajstić information content (AvgIpc) is 2.95. The standard InChI is InChI=1S/C31H40N2O6/c1-3-11-26(22-29(35)32-17-19-38-20-18-34)30(36)33-23-28(25-15-9-6-10-16-25)39-31(37)27(12-4-2)21-24-13-7-5-8-14-24/h3-10,13-16,26-28,34H,1-2,11-12,17-23H2,(H,32,35)(H,33,36)/t26-,27+,28-/m1/s1. The summed E-state index contributed by atoms with van der Waals surface area (Å²) in [6.07, 6.45) is 3.87. The molecule has 3 atom stereocenters. The third-order valence-corrected chi connectivity index (χ3v) is 6.06. The highest BCUT2D eigenvalue weighted by molar-refractivity contribution is 5.86. The van der Waals surface area contributed by atoms with E-state index in [9.17, 15) is 14.4 Å². The van der Waals surface area contributed by atoms with Crippen LogP contribution in [0.1, 0.15) is 36.5 Å². The van der Waals surface area contributed by atoms with E-state index in [1.807, 2.05) is 60.7 Å². The maximum absolute atomic E-state index is 13.2. The number of allylic oxidation sites excluding steroid dienone is 2. The molecule has 0 aliphatic carbocycles. The molecule has 39 heavy (non-hydrogen) atoms. The van der Waals surface area contributed by atoms with Gasteiger partial charge in [-0.25, -0.2) is 0 Å². The van der Waals surface area contributed by atoms with Crippen molar-refractivity contribution in [2.75, 3.05) is 32.9 Å². The number of esters is 1. The predicted molar refractivity (Wildman–Crippen MR) is 151 cm³/mol. The van der Waals surface area contributed by atoms with Crippen LogP contribution in [0.3, 0.4) is 0 Å². The summed E-state index contributed by atoms with van der Waals surface area (Å²) < 4.78 is 11.1. The van der Waals surface area contributed by atoms with Gasteiger partial charge >= 0.3 is 5.97 Å². The lowest BCUT2D eigenvalue weighted by atomic mass is 9.96. The number of aliphatic hydroxyl groups is 1. The number of hydrogen-bond donors (Lipinski definition) is 3. The second-order valence-electron chi connectivity index (χ2n) is 9.10. The van der Waals surface area contributed by atoms with Crippen molar-refractivity contribution in [3.05, 3.63) is 97.1 Å². The number of aliphatic hydroxyl groups excluding tert-OH is 1. The molecule has 0 spiro atoms. The zero-order chi connectivity index (χ0) is 28.3. The summed E-state index contributed by atoms with van der Waals surface area (Å²) >= 11 is 0. The van der Waals surface area contributed by atoms with E-state index in [0.29, 0.717) is 19.3 Å². The lowest BCUT2D eigenvalue weighted by Crippen LogP contribution is -2.38. The minimum absolute atomic E-state index is 0.0217. The molecule has 2 aromatic rings. The topological polar surface area (TPSA) is 114 Å². The van der Waals surface area contributed by atoms with E-state index >= 15 is 0 Å². The summed E-state index contributed by atoms with van der Waals surface area (Å²) in [6.45, 7) is 8.22. The van der Waals surface area contributed by atoms with Crippen molar-refractivity contribution in [1.29, 1.82) is 0 Å². The first-order chi connectivity index (χ1) is 19.0. The summed E-state index contributed by atoms with van der Waals surface area (Å²) in [4.78, 5) is 38.6. The fraction of sp³-hybridized carbons (Fsp3) is 0.387. The van der Waals surface area contributed by atoms with E-state index in [1.165, 1.54) is 0 Å². The molecule has 2 rings (SSSR count). The first-order valence-electron chi connectivity index (χ1n) is 13.2. The second kappa shape index (κ2) is 18.5. The average molecular weight is 537 g/mol. The molecule has 0 saturated carbocycles. The van der Waals surface area contributed by atoms with Crippen molar-refractivity contribution in [2.24, 2.45) is 11.8 Å². The van der Waals surface area contributed by atoms with Crippen LogP contribution in [0.15, 0.2) is 86.0 Å². The molecule has 0 radical (unpaired) electrons. The lowest BCUT2D eigenvalue weighted by molar-refractivity contribution is -0.154. The number of amides is 2. The smallest absolute Gasteiger partial charge is 0.310 e. The first-order valence-corrected chi connectivity index (χ1v) is 13.2. The minimum Gasteiger partial charge on any atom is -0.455 e. The number of nitrogens with one attached hydrogen (secondary N) is 2. The number of carbonyl (C=O) groups is 3. The van der Waals surface area contributed by atoms with E-state index < -0.39 is 17.9 Å². The van der Waals surface area contributed by atoms with Crippen LogP contribution in [0, 0.1) is 11.8 Å². The monoisotopic (exact) mass is 536 g/mol. The fourth-order valence-corrected chi connectivity index (χ4v) is 4.04. The van der Waals surface area contributed by atoms with Crippen LogP contribution >= 0.6 is 0 Å². The molecule has 0 saturated heterocycles. The molecule has 0 heterocycles. The molecule has 0 aliphatic rings. The quantitative estimate of drug-likeness (QED) is 0.144. The Kier molecular flexibility index (Phi) is 14.9. The van der Waals surface area contributed by atoms with Crippen molar-refractivity contribution < 1.29 is 29.0 Å². The van der Waals surface area contributed by atoms with Gasteiger partial charge in [-0.2, -0.15) is 0 Å². The van der Waals surface area contributed by atoms with E-state index in [1.54, 1.807) is 12.2 Å². The Bertz CT molecular complexity index is 1030. The van der Waals surface area contributed by atoms with Gasteiger partial charge in [0.05, 0.1) is 38.2 Å². The molecule has 0 fully saturated rings. The maximum atomic E-state index is 13.2. The Morgan fingerprint density at radius 3 is 2.15 bits per heavy atom. The van der Waals surface area contributed by atoms with Crippen LogP contribution in [-0.4, -0.2) is 55.8 Å². The number of hydrogen-bond acceptors (Lipinski definition) is 6. The normalized spacial score (nSPS) is 12.9. The molecular weight excluding hydrogens is 496 g/mol. The lowest BCUT2D eigenvalue weighted by Gasteiger charge is -2.23. The Balaban J connectivity index is 2.03. The largest absolute Gasteiger partial charge is 0.455 e. The molecule has 8 nitrogen and oxygen atoms in total. The molecule has 2 amide bonds. The SMILES string of the molecule is C=CC[C@H](CC(=O)NCCOCCO)C(=O)NC[C@@H](OC(=O)[C@@H](CC=C)Cc1ccccc1)c1ccccc1. The number of rotatable bonds is 19. The van der Waals surface area contributed by atoms with E-state index in [0.717, 1.165) is 11.1 Å². The van der Waals surface area contributed by atoms with Crippen LogP contribution in [0.2, 0.25) is 0 Å². The molecular formula is C31H40N2O6. The van der Waals surface area contributed by atoms with Gasteiger partial charge in [-0.3, -0.25) is 14.4 Å². The number of carbonyl (C=O) groups excluding carboxylic acids is 3. The van der Waals surface area contributed by atoms with Gasteiger partial charge in [0.2, 0.25) is 11.8 Å². The Morgan fingerprint density at radius 2 is 1.51 bits per heavy atom. The third kappa shape index (κ3) is 12.1. The van der Waals surface area contributed by atoms with Gasteiger partial charge in [-0.05, 0) is 30.4 Å². The second-order valence-corrected chi connectivity index (χ2v) is 9.10. The van der Waals surface area contributed by atoms with Crippen molar-refractivity contribution >= 4 is 17.8 Å². The predicted octanol–water partition coefficient (Wildman–Crippen LogP) is 3.53. The van der Waals surface area contributed by atoms with Gasteiger partial charge < -0.3 is 25.2 Å². The van der Waals surface area contributed by atoms with Crippen LogP contribution in [0.4, 0.5) is 0 Å². The van der Waals surface area contributed by atoms with Gasteiger partial charge in [0, 0.05) is 13.0 Å². The van der Waals surface area contributed by atoms with Crippen molar-refractivity contribution in [2.45, 2.75) is 31.8 Å². The Morgan fingerprint density at radius 1 is 0.872 bits per heavy atom. The highest BCUT2D eigenvalue weighted by Crippen LogP contribution is 2.22. The first kappa shape index (κ1) is 31.5. The molecule has 0 aliphatic heterocycles. The molecule has 3 N–H and O–H groups in total. The molecule has 0 bridgehead atoms. The van der Waals surface area contributed by atoms with Crippen molar-refractivity contribution in [3.8, 4) is 0 Å². The summed E-state index contributed by atoms with van der Waals surface area (Å²) in [5.41, 5.74) is 1.78. The van der Waals surface area contributed by atoms with Crippen LogP contribution in [0.5, 0.6) is 0 Å². The maximum Gasteiger partial charge on any atom is 0.310 e. The summed E-state index contributed by atoms with van der Waals surface area (Å²) in [5.74, 6) is -2.02. The van der Waals surface area contributed by atoms with E-state index in [2.05, 4.69) is 23.8 Å². The molecule has 2 aromatic carbocycles. The van der Waals surface area contributed by atoms with E-state index in [-0.39, 0.29) is 57.1 Å². The number of benzene rings is 2. The molecule has 0 aromatic heterocycles. The third-order valence-electron chi connectivity index (χ3n) is 6.06. The molecule has 0 unspecified atom stereocenters. The highest BCUT2D eigenvalue weighted by Gasteiger charge is 2.26. The molecule has 8 heteroatoms. The fourth-order valence-electron chi connectivity index (χ4n) is 4.04. The summed E-state index contributed by atoms with van der Waals surface area (Å²) in [6, 6.07) is 19.0. The summed E-state index contributed by atoms with van der Waals surface area (Å²) in [7, 11) is 0. The van der Waals surface area contributed by atoms with Gasteiger partial charge in [0.25, 0.3) is 0 Å². The van der Waals surface area contributed by atoms with Crippen LogP contribution < -0.4 is 10.6 Å². The van der Waals surface area contributed by atoms with E-state index in [4.69, 9.17) is 14.6 Å². The Hall–Kier alpha value is -3.75. The summed E-state index contributed by atoms with van der Waals surface area (Å²) in [5, 5.41) is 14.3. The zero-order valence-corrected chi connectivity index (χ0v) is 22.4. The van der Waals surface area contributed by atoms with Crippen molar-refractivity contribution in [3.63, 3.8) is 0 Å². The van der Waals surface area contributed by atoms with Gasteiger partial charge in [-0.1, -0.05) is 72.8 Å². The van der Waals surface area contributed by atoms with Gasteiger partial charge in [0.15, 0.2) is 0 Å². The highest BCUT2D eigenvalue weighted by atomic mass is 16.5. The van der Waals surface area contributed by atoms with Crippen LogP contribution in [0.25, 0.3) is 0 Å². The van der Waals surface area contributed by atoms with Gasteiger partial charge in [-0.15, -0.1) is 13.2 Å². The number of ether oxygens (including phenoxy) is 2. The van der Waals surface area contributed by atoms with Crippen LogP contribution in [-0.2, 0) is 30.3 Å². The molecule has 210 valence electrons. The van der Waals surface area contributed by atoms with Crippen molar-refractivity contribution in [1.82, 2.24) is 10.6 Å². The Labute approximate surface area is 231 Å². The van der Waals surface area contributed by atoms with Gasteiger partial charge in [0.1, 0.15) is 6.10 Å².